The third-order valence-corrected chi connectivity index (χ3v) is 2.52. The van der Waals surface area contributed by atoms with Crippen LogP contribution < -0.4 is 4.74 Å². The zero-order valence-electron chi connectivity index (χ0n) is 9.43. The molecule has 0 heterocycles. The van der Waals surface area contributed by atoms with E-state index >= 15 is 0 Å². The Balaban J connectivity index is 2.58. The Bertz CT molecular complexity index is 354. The van der Waals surface area contributed by atoms with Crippen LogP contribution in [0.4, 0.5) is 0 Å². The highest BCUT2D eigenvalue weighted by Crippen LogP contribution is 2.17. The van der Waals surface area contributed by atoms with E-state index in [0.29, 0.717) is 6.42 Å². The third-order valence-electron chi connectivity index (χ3n) is 2.52. The number of aliphatic carboxylic acids is 1. The first-order valence-electron chi connectivity index (χ1n) is 5.04. The molecule has 0 bridgehead atoms. The fourth-order valence-electron chi connectivity index (χ4n) is 1.29. The number of rotatable bonds is 5. The van der Waals surface area contributed by atoms with E-state index in [1.54, 1.807) is 7.11 Å². The maximum Gasteiger partial charge on any atom is 0.335 e. The topological polar surface area (TPSA) is 66.8 Å². The first-order valence-corrected chi connectivity index (χ1v) is 5.04. The van der Waals surface area contributed by atoms with Gasteiger partial charge < -0.3 is 14.9 Å². The van der Waals surface area contributed by atoms with E-state index in [1.165, 1.54) is 6.92 Å². The van der Waals surface area contributed by atoms with Crippen molar-refractivity contribution in [3.63, 3.8) is 0 Å². The van der Waals surface area contributed by atoms with Crippen molar-refractivity contribution in [1.29, 1.82) is 0 Å². The van der Waals surface area contributed by atoms with E-state index in [1.807, 2.05) is 24.3 Å². The number of carbonyl (C=O) groups is 1. The van der Waals surface area contributed by atoms with Gasteiger partial charge in [-0.15, -0.1) is 0 Å². The summed E-state index contributed by atoms with van der Waals surface area (Å²) in [5.41, 5.74) is -0.692. The second-order valence-corrected chi connectivity index (χ2v) is 3.93. The lowest BCUT2D eigenvalue weighted by molar-refractivity contribution is -0.157. The lowest BCUT2D eigenvalue weighted by Crippen LogP contribution is -2.35. The number of carboxylic acid groups (broad SMARTS) is 1. The molecule has 1 rings (SSSR count). The van der Waals surface area contributed by atoms with Crippen molar-refractivity contribution in [2.45, 2.75) is 25.4 Å². The molecule has 1 aromatic rings. The van der Waals surface area contributed by atoms with E-state index in [-0.39, 0.29) is 6.42 Å². The summed E-state index contributed by atoms with van der Waals surface area (Å²) in [7, 11) is 1.59. The van der Waals surface area contributed by atoms with Crippen molar-refractivity contribution in [3.8, 4) is 5.75 Å². The van der Waals surface area contributed by atoms with Crippen LogP contribution in [0.5, 0.6) is 5.75 Å². The first kappa shape index (κ1) is 12.5. The van der Waals surface area contributed by atoms with E-state index in [0.717, 1.165) is 11.3 Å². The molecule has 16 heavy (non-hydrogen) atoms. The zero-order valence-corrected chi connectivity index (χ0v) is 9.43. The summed E-state index contributed by atoms with van der Waals surface area (Å²) < 4.78 is 5.01. The molecule has 88 valence electrons. The molecule has 1 unspecified atom stereocenters. The predicted octanol–water partition coefficient (Wildman–Crippen LogP) is 1.46. The minimum atomic E-state index is -1.67. The van der Waals surface area contributed by atoms with Crippen LogP contribution in [0.2, 0.25) is 0 Å². The normalized spacial score (nSPS) is 14.2. The van der Waals surface area contributed by atoms with Gasteiger partial charge in [0, 0.05) is 0 Å². The predicted molar refractivity (Wildman–Crippen MR) is 59.6 cm³/mol. The van der Waals surface area contributed by atoms with Gasteiger partial charge in [-0.25, -0.2) is 4.79 Å². The Labute approximate surface area is 94.5 Å². The number of carboxylic acids is 1. The third kappa shape index (κ3) is 3.24. The fourth-order valence-corrected chi connectivity index (χ4v) is 1.29. The molecule has 0 amide bonds. The number of benzene rings is 1. The summed E-state index contributed by atoms with van der Waals surface area (Å²) in [6, 6.07) is 7.34. The van der Waals surface area contributed by atoms with Gasteiger partial charge in [-0.2, -0.15) is 0 Å². The van der Waals surface area contributed by atoms with Gasteiger partial charge in [-0.3, -0.25) is 0 Å². The van der Waals surface area contributed by atoms with Crippen molar-refractivity contribution >= 4 is 5.97 Å². The molecule has 1 aromatic carbocycles. The monoisotopic (exact) mass is 224 g/mol. The lowest BCUT2D eigenvalue weighted by atomic mass is 9.97. The summed E-state index contributed by atoms with van der Waals surface area (Å²) in [6.07, 6.45) is 0.706. The van der Waals surface area contributed by atoms with Crippen molar-refractivity contribution in [3.05, 3.63) is 29.8 Å². The Kier molecular flexibility index (Phi) is 3.90. The van der Waals surface area contributed by atoms with Crippen molar-refractivity contribution in [2.24, 2.45) is 0 Å². The molecule has 0 aliphatic carbocycles. The van der Waals surface area contributed by atoms with Crippen LogP contribution in [0.15, 0.2) is 24.3 Å². The highest BCUT2D eigenvalue weighted by Gasteiger charge is 2.28. The van der Waals surface area contributed by atoms with Crippen LogP contribution in [-0.2, 0) is 11.2 Å². The van der Waals surface area contributed by atoms with E-state index in [9.17, 15) is 9.90 Å². The van der Waals surface area contributed by atoms with Crippen LogP contribution in [0.25, 0.3) is 0 Å². The number of aryl methyl sites for hydroxylation is 1. The summed E-state index contributed by atoms with van der Waals surface area (Å²) in [4.78, 5) is 10.7. The number of aliphatic hydroxyl groups is 1. The quantitative estimate of drug-likeness (QED) is 0.794. The fraction of sp³-hybridized carbons (Fsp3) is 0.417. The van der Waals surface area contributed by atoms with E-state index in [4.69, 9.17) is 9.84 Å². The summed E-state index contributed by atoms with van der Waals surface area (Å²) >= 11 is 0. The molecule has 0 saturated heterocycles. The molecule has 0 aliphatic heterocycles. The summed E-state index contributed by atoms with van der Waals surface area (Å²) in [6.45, 7) is 1.30. The highest BCUT2D eigenvalue weighted by atomic mass is 16.5. The molecule has 0 radical (unpaired) electrons. The van der Waals surface area contributed by atoms with Crippen LogP contribution in [0.1, 0.15) is 18.9 Å². The molecular weight excluding hydrogens is 208 g/mol. The molecule has 0 saturated carbocycles. The van der Waals surface area contributed by atoms with Gasteiger partial charge in [-0.1, -0.05) is 12.1 Å². The molecule has 0 aliphatic rings. The van der Waals surface area contributed by atoms with Gasteiger partial charge >= 0.3 is 5.97 Å². The minimum absolute atomic E-state index is 0.189. The molecule has 0 aromatic heterocycles. The maximum absolute atomic E-state index is 10.7. The first-order chi connectivity index (χ1) is 7.45. The molecule has 4 heteroatoms. The second-order valence-electron chi connectivity index (χ2n) is 3.93. The average Bonchev–Trinajstić information content (AvgIpc) is 2.27. The van der Waals surface area contributed by atoms with E-state index in [2.05, 4.69) is 0 Å². The van der Waals surface area contributed by atoms with Crippen molar-refractivity contribution in [1.82, 2.24) is 0 Å². The number of methoxy groups -OCH3 is 1. The molecule has 0 fully saturated rings. The minimum Gasteiger partial charge on any atom is -0.497 e. The molecule has 2 N–H and O–H groups in total. The molecule has 0 spiro atoms. The molecular formula is C12H16O4. The van der Waals surface area contributed by atoms with Crippen molar-refractivity contribution in [2.75, 3.05) is 7.11 Å². The zero-order chi connectivity index (χ0) is 12.2. The average molecular weight is 224 g/mol. The van der Waals surface area contributed by atoms with Crippen LogP contribution in [0.3, 0.4) is 0 Å². The van der Waals surface area contributed by atoms with Gasteiger partial charge in [0.1, 0.15) is 5.75 Å². The number of hydrogen-bond donors (Lipinski definition) is 2. The summed E-state index contributed by atoms with van der Waals surface area (Å²) in [5, 5.41) is 18.3. The smallest absolute Gasteiger partial charge is 0.335 e. The highest BCUT2D eigenvalue weighted by molar-refractivity contribution is 5.76. The SMILES string of the molecule is COc1ccc(CCC(C)(O)C(=O)O)cc1. The van der Waals surface area contributed by atoms with Crippen LogP contribution in [-0.4, -0.2) is 28.9 Å². The Hall–Kier alpha value is -1.55. The van der Waals surface area contributed by atoms with Gasteiger partial charge in [0.15, 0.2) is 5.60 Å². The standard InChI is InChI=1S/C12H16O4/c1-12(15,11(13)14)8-7-9-3-5-10(16-2)6-4-9/h3-6,15H,7-8H2,1-2H3,(H,13,14). The second kappa shape index (κ2) is 4.99. The number of hydrogen-bond acceptors (Lipinski definition) is 3. The molecule has 1 atom stereocenters. The maximum atomic E-state index is 10.7. The number of ether oxygens (including phenoxy) is 1. The van der Waals surface area contributed by atoms with E-state index < -0.39 is 11.6 Å². The Morgan fingerprint density at radius 1 is 1.38 bits per heavy atom. The van der Waals surface area contributed by atoms with Crippen LogP contribution in [0, 0.1) is 0 Å². The Morgan fingerprint density at radius 2 is 1.94 bits per heavy atom. The van der Waals surface area contributed by atoms with Crippen LogP contribution >= 0.6 is 0 Å². The Morgan fingerprint density at radius 3 is 2.38 bits per heavy atom. The van der Waals surface area contributed by atoms with Crippen molar-refractivity contribution < 1.29 is 19.7 Å². The van der Waals surface area contributed by atoms with Gasteiger partial charge in [0.05, 0.1) is 7.11 Å². The van der Waals surface area contributed by atoms with Gasteiger partial charge in [0.25, 0.3) is 0 Å². The summed E-state index contributed by atoms with van der Waals surface area (Å²) in [5.74, 6) is -0.435. The largest absolute Gasteiger partial charge is 0.497 e. The molecule has 4 nitrogen and oxygen atoms in total. The van der Waals surface area contributed by atoms with Gasteiger partial charge in [0.2, 0.25) is 0 Å². The lowest BCUT2D eigenvalue weighted by Gasteiger charge is -2.17. The van der Waals surface area contributed by atoms with Gasteiger partial charge in [-0.05, 0) is 37.5 Å².